The fourth-order valence-corrected chi connectivity index (χ4v) is 3.25. The van der Waals surface area contributed by atoms with E-state index in [-0.39, 0.29) is 0 Å². The van der Waals surface area contributed by atoms with Gasteiger partial charge in [0.05, 0.1) is 5.01 Å². The number of fused-ring (bicyclic) bond motifs is 1. The van der Waals surface area contributed by atoms with Crippen molar-refractivity contribution in [2.45, 2.75) is 19.8 Å². The fraction of sp³-hybridized carbons (Fsp3) is 0.357. The van der Waals surface area contributed by atoms with Crippen molar-refractivity contribution in [3.8, 4) is 11.3 Å². The molecule has 0 spiro atoms. The molecule has 3 rings (SSSR count). The van der Waals surface area contributed by atoms with Crippen molar-refractivity contribution in [2.75, 3.05) is 24.2 Å². The fourth-order valence-electron chi connectivity index (χ4n) is 2.45. The first-order chi connectivity index (χ1) is 8.69. The Kier molecular flexibility index (Phi) is 2.74. The number of thiazole rings is 1. The second kappa shape index (κ2) is 4.28. The van der Waals surface area contributed by atoms with E-state index in [0.717, 1.165) is 40.7 Å². The number of hydrogen-bond donors (Lipinski definition) is 1. The number of likely N-dealkylation sites (N-methyl/N-ethyl adjacent to an activating group) is 1. The highest BCUT2D eigenvalue weighted by molar-refractivity contribution is 7.16. The second-order valence-corrected chi connectivity index (χ2v) is 5.80. The Morgan fingerprint density at radius 1 is 1.44 bits per heavy atom. The molecule has 0 atom stereocenters. The highest BCUT2D eigenvalue weighted by Gasteiger charge is 2.17. The minimum atomic E-state index is 0.832. The number of nitrogens with two attached hydrogens (primary N) is 1. The molecule has 3 nitrogen and oxygen atoms in total. The van der Waals surface area contributed by atoms with Gasteiger partial charge in [-0.15, -0.1) is 11.3 Å². The van der Waals surface area contributed by atoms with E-state index in [1.165, 1.54) is 11.3 Å². The third kappa shape index (κ3) is 1.77. The lowest BCUT2D eigenvalue weighted by atomic mass is 10.1. The summed E-state index contributed by atoms with van der Waals surface area (Å²) in [4.78, 5) is 6.92. The van der Waals surface area contributed by atoms with Crippen molar-refractivity contribution in [1.82, 2.24) is 4.98 Å². The average molecular weight is 259 g/mol. The molecule has 4 heteroatoms. The predicted octanol–water partition coefficient (Wildman–Crippen LogP) is 2.95. The van der Waals surface area contributed by atoms with Crippen LogP contribution >= 0.6 is 11.3 Å². The SMILES string of the molecule is CCc1nc(-c2ccc3c(c2)CCN3C)c(N)s1. The molecule has 0 unspecified atom stereocenters. The van der Waals surface area contributed by atoms with Crippen molar-refractivity contribution < 1.29 is 0 Å². The maximum atomic E-state index is 6.07. The van der Waals surface area contributed by atoms with E-state index in [2.05, 4.69) is 42.1 Å². The number of hydrogen-bond acceptors (Lipinski definition) is 4. The van der Waals surface area contributed by atoms with Gasteiger partial charge in [-0.3, -0.25) is 0 Å². The molecular weight excluding hydrogens is 242 g/mol. The van der Waals surface area contributed by atoms with Gasteiger partial charge in [-0.2, -0.15) is 0 Å². The van der Waals surface area contributed by atoms with Crippen LogP contribution < -0.4 is 10.6 Å². The minimum absolute atomic E-state index is 0.832. The van der Waals surface area contributed by atoms with E-state index in [0.29, 0.717) is 0 Å². The minimum Gasteiger partial charge on any atom is -0.389 e. The summed E-state index contributed by atoms with van der Waals surface area (Å²) in [7, 11) is 2.14. The van der Waals surface area contributed by atoms with E-state index in [1.807, 2.05) is 0 Å². The summed E-state index contributed by atoms with van der Waals surface area (Å²) in [5.41, 5.74) is 10.9. The monoisotopic (exact) mass is 259 g/mol. The Morgan fingerprint density at radius 3 is 3.00 bits per heavy atom. The van der Waals surface area contributed by atoms with Gasteiger partial charge in [-0.05, 0) is 30.5 Å². The second-order valence-electron chi connectivity index (χ2n) is 4.69. The lowest BCUT2D eigenvalue weighted by molar-refractivity contribution is 0.956. The summed E-state index contributed by atoms with van der Waals surface area (Å²) in [6.45, 7) is 3.21. The molecule has 0 saturated heterocycles. The van der Waals surface area contributed by atoms with Gasteiger partial charge < -0.3 is 10.6 Å². The number of nitrogen functional groups attached to an aromatic ring is 1. The number of nitrogens with zero attached hydrogens (tertiary/aromatic N) is 2. The van der Waals surface area contributed by atoms with Crippen LogP contribution in [-0.4, -0.2) is 18.6 Å². The largest absolute Gasteiger partial charge is 0.389 e. The van der Waals surface area contributed by atoms with Crippen LogP contribution in [0.3, 0.4) is 0 Å². The topological polar surface area (TPSA) is 42.2 Å². The van der Waals surface area contributed by atoms with Crippen LogP contribution in [0.5, 0.6) is 0 Å². The van der Waals surface area contributed by atoms with E-state index in [1.54, 1.807) is 11.3 Å². The molecule has 1 aliphatic rings. The molecule has 1 aromatic carbocycles. The molecule has 94 valence electrons. The molecule has 2 heterocycles. The molecule has 1 aromatic heterocycles. The van der Waals surface area contributed by atoms with Gasteiger partial charge in [0.1, 0.15) is 10.7 Å². The van der Waals surface area contributed by atoms with Gasteiger partial charge in [0.2, 0.25) is 0 Å². The number of aromatic nitrogens is 1. The zero-order valence-corrected chi connectivity index (χ0v) is 11.5. The summed E-state index contributed by atoms with van der Waals surface area (Å²) < 4.78 is 0. The molecule has 0 aliphatic carbocycles. The highest BCUT2D eigenvalue weighted by Crippen LogP contribution is 2.35. The normalized spacial score (nSPS) is 14.0. The Bertz CT molecular complexity index is 589. The van der Waals surface area contributed by atoms with Crippen molar-refractivity contribution in [1.29, 1.82) is 0 Å². The van der Waals surface area contributed by atoms with E-state index >= 15 is 0 Å². The molecule has 0 radical (unpaired) electrons. The molecule has 0 amide bonds. The highest BCUT2D eigenvalue weighted by atomic mass is 32.1. The van der Waals surface area contributed by atoms with Gasteiger partial charge in [0.15, 0.2) is 0 Å². The molecule has 0 fully saturated rings. The molecule has 2 aromatic rings. The van der Waals surface area contributed by atoms with Gasteiger partial charge in [0.25, 0.3) is 0 Å². The first-order valence-corrected chi connectivity index (χ1v) is 7.10. The third-order valence-electron chi connectivity index (χ3n) is 3.48. The van der Waals surface area contributed by atoms with Gasteiger partial charge in [-0.25, -0.2) is 4.98 Å². The van der Waals surface area contributed by atoms with Crippen LogP contribution in [0.2, 0.25) is 0 Å². The van der Waals surface area contributed by atoms with Gasteiger partial charge in [0, 0.05) is 24.8 Å². The summed E-state index contributed by atoms with van der Waals surface area (Å²) in [5.74, 6) is 0. The first kappa shape index (κ1) is 11.5. The van der Waals surface area contributed by atoms with E-state index < -0.39 is 0 Å². The Morgan fingerprint density at radius 2 is 2.28 bits per heavy atom. The van der Waals surface area contributed by atoms with Crippen LogP contribution in [0.4, 0.5) is 10.7 Å². The smallest absolute Gasteiger partial charge is 0.114 e. The quantitative estimate of drug-likeness (QED) is 0.901. The summed E-state index contributed by atoms with van der Waals surface area (Å²) >= 11 is 1.60. The number of rotatable bonds is 2. The lowest BCUT2D eigenvalue weighted by Gasteiger charge is -2.11. The zero-order chi connectivity index (χ0) is 12.7. The van der Waals surface area contributed by atoms with Gasteiger partial charge >= 0.3 is 0 Å². The van der Waals surface area contributed by atoms with Gasteiger partial charge in [-0.1, -0.05) is 13.0 Å². The van der Waals surface area contributed by atoms with Crippen LogP contribution in [0, 0.1) is 0 Å². The maximum absolute atomic E-state index is 6.07. The number of aryl methyl sites for hydroxylation is 1. The van der Waals surface area contributed by atoms with E-state index in [4.69, 9.17) is 5.73 Å². The average Bonchev–Trinajstić information content (AvgIpc) is 2.93. The lowest BCUT2D eigenvalue weighted by Crippen LogP contribution is -2.12. The van der Waals surface area contributed by atoms with Crippen molar-refractivity contribution in [3.05, 3.63) is 28.8 Å². The molecule has 18 heavy (non-hydrogen) atoms. The molecule has 1 aliphatic heterocycles. The Labute approximate surface area is 111 Å². The molecule has 0 bridgehead atoms. The Balaban J connectivity index is 2.04. The number of benzene rings is 1. The van der Waals surface area contributed by atoms with E-state index in [9.17, 15) is 0 Å². The van der Waals surface area contributed by atoms with Crippen molar-refractivity contribution >= 4 is 22.0 Å². The number of anilines is 2. The zero-order valence-electron chi connectivity index (χ0n) is 10.7. The van der Waals surface area contributed by atoms with Crippen LogP contribution in [-0.2, 0) is 12.8 Å². The molecular formula is C14H17N3S. The van der Waals surface area contributed by atoms with Crippen LogP contribution in [0.15, 0.2) is 18.2 Å². The summed E-state index contributed by atoms with van der Waals surface area (Å²) in [6.07, 6.45) is 2.06. The molecule has 2 N–H and O–H groups in total. The maximum Gasteiger partial charge on any atom is 0.114 e. The predicted molar refractivity (Wildman–Crippen MR) is 78.3 cm³/mol. The van der Waals surface area contributed by atoms with Crippen molar-refractivity contribution in [2.24, 2.45) is 0 Å². The Hall–Kier alpha value is -1.55. The van der Waals surface area contributed by atoms with Crippen molar-refractivity contribution in [3.63, 3.8) is 0 Å². The first-order valence-electron chi connectivity index (χ1n) is 6.28. The summed E-state index contributed by atoms with van der Waals surface area (Å²) in [5, 5.41) is 1.94. The standard InChI is InChI=1S/C14H17N3S/c1-3-12-16-13(14(15)18-12)10-4-5-11-9(8-10)6-7-17(11)2/h4-5,8H,3,6-7,15H2,1-2H3. The third-order valence-corrected chi connectivity index (χ3v) is 4.51. The van der Waals surface area contributed by atoms with Crippen LogP contribution in [0.25, 0.3) is 11.3 Å². The van der Waals surface area contributed by atoms with Crippen LogP contribution in [0.1, 0.15) is 17.5 Å². The molecule has 0 saturated carbocycles. The summed E-state index contributed by atoms with van der Waals surface area (Å²) in [6, 6.07) is 6.55.